The summed E-state index contributed by atoms with van der Waals surface area (Å²) < 4.78 is 0.473. The van der Waals surface area contributed by atoms with Gasteiger partial charge in [-0.05, 0) is 6.92 Å². The second kappa shape index (κ2) is 7.08. The highest BCUT2D eigenvalue weighted by atomic mass is 32.2. The first kappa shape index (κ1) is 13.7. The van der Waals surface area contributed by atoms with Crippen LogP contribution in [0.3, 0.4) is 0 Å². The fourth-order valence-corrected chi connectivity index (χ4v) is 2.92. The Morgan fingerprint density at radius 1 is 1.43 bits per heavy atom. The molecule has 0 unspecified atom stereocenters. The SMILES string of the molecule is C[C@@H](SC(=S)SCCC(=O)O)C(=O)O. The van der Waals surface area contributed by atoms with Crippen LogP contribution in [0.15, 0.2) is 0 Å². The van der Waals surface area contributed by atoms with Gasteiger partial charge < -0.3 is 10.2 Å². The Hall–Kier alpha value is -0.270. The number of thiocarbonyl (C=S) groups is 1. The van der Waals surface area contributed by atoms with Crippen LogP contribution in [0.1, 0.15) is 13.3 Å². The lowest BCUT2D eigenvalue weighted by Gasteiger charge is -2.05. The number of thioether (sulfide) groups is 2. The Morgan fingerprint density at radius 2 is 2.00 bits per heavy atom. The third kappa shape index (κ3) is 7.16. The molecule has 0 amide bonds. The van der Waals surface area contributed by atoms with E-state index in [1.54, 1.807) is 0 Å². The normalized spacial score (nSPS) is 12.1. The predicted octanol–water partition coefficient (Wildman–Crippen LogP) is 1.69. The van der Waals surface area contributed by atoms with E-state index in [2.05, 4.69) is 0 Å². The molecule has 1 atom stereocenters. The Balaban J connectivity index is 3.65. The van der Waals surface area contributed by atoms with Crippen molar-refractivity contribution in [2.24, 2.45) is 0 Å². The van der Waals surface area contributed by atoms with E-state index in [1.807, 2.05) is 0 Å². The fraction of sp³-hybridized carbons (Fsp3) is 0.571. The molecule has 7 heteroatoms. The molecule has 0 saturated heterocycles. The van der Waals surface area contributed by atoms with Crippen LogP contribution >= 0.6 is 35.7 Å². The van der Waals surface area contributed by atoms with Gasteiger partial charge in [-0.25, -0.2) is 0 Å². The molecule has 0 aliphatic rings. The van der Waals surface area contributed by atoms with Gasteiger partial charge in [-0.3, -0.25) is 9.59 Å². The standard InChI is InChI=1S/C7H10O4S3/c1-4(6(10)11)14-7(12)13-3-2-5(8)9/h4H,2-3H2,1H3,(H,8,9)(H,10,11)/t4-/m1/s1. The molecule has 0 radical (unpaired) electrons. The summed E-state index contributed by atoms with van der Waals surface area (Å²) in [5.41, 5.74) is 0. The highest BCUT2D eigenvalue weighted by Crippen LogP contribution is 2.22. The number of aliphatic carboxylic acids is 2. The van der Waals surface area contributed by atoms with Gasteiger partial charge in [0.1, 0.15) is 8.78 Å². The van der Waals surface area contributed by atoms with Gasteiger partial charge in [0.15, 0.2) is 0 Å². The lowest BCUT2D eigenvalue weighted by atomic mass is 10.5. The summed E-state index contributed by atoms with van der Waals surface area (Å²) in [6.45, 7) is 1.54. The van der Waals surface area contributed by atoms with E-state index in [4.69, 9.17) is 22.4 Å². The van der Waals surface area contributed by atoms with Crippen LogP contribution in [-0.4, -0.2) is 36.7 Å². The van der Waals surface area contributed by atoms with Crippen LogP contribution in [0.25, 0.3) is 0 Å². The van der Waals surface area contributed by atoms with Crippen molar-refractivity contribution in [1.82, 2.24) is 0 Å². The highest BCUT2D eigenvalue weighted by Gasteiger charge is 2.14. The van der Waals surface area contributed by atoms with E-state index in [1.165, 1.54) is 18.7 Å². The summed E-state index contributed by atoms with van der Waals surface area (Å²) in [6, 6.07) is 0. The van der Waals surface area contributed by atoms with Crippen molar-refractivity contribution in [3.63, 3.8) is 0 Å². The third-order valence-corrected chi connectivity index (χ3v) is 3.83. The zero-order chi connectivity index (χ0) is 11.1. The average molecular weight is 254 g/mol. The fourth-order valence-electron chi connectivity index (χ4n) is 0.450. The van der Waals surface area contributed by atoms with Gasteiger partial charge in [-0.1, -0.05) is 24.0 Å². The molecule has 80 valence electrons. The maximum absolute atomic E-state index is 10.4. The zero-order valence-corrected chi connectivity index (χ0v) is 9.88. The Bertz CT molecular complexity index is 241. The Labute approximate surface area is 95.4 Å². The molecule has 0 rings (SSSR count). The van der Waals surface area contributed by atoms with E-state index in [0.29, 0.717) is 9.28 Å². The van der Waals surface area contributed by atoms with E-state index in [-0.39, 0.29) is 6.42 Å². The molecule has 0 fully saturated rings. The van der Waals surface area contributed by atoms with Gasteiger partial charge in [0.2, 0.25) is 0 Å². The van der Waals surface area contributed by atoms with Crippen molar-refractivity contribution >= 4 is 51.2 Å². The predicted molar refractivity (Wildman–Crippen MR) is 62.0 cm³/mol. The van der Waals surface area contributed by atoms with E-state index in [9.17, 15) is 9.59 Å². The Kier molecular flexibility index (Phi) is 6.94. The van der Waals surface area contributed by atoms with Gasteiger partial charge in [0, 0.05) is 5.75 Å². The minimum Gasteiger partial charge on any atom is -0.481 e. The van der Waals surface area contributed by atoms with Crippen LogP contribution in [0.2, 0.25) is 0 Å². The molecule has 4 nitrogen and oxygen atoms in total. The molecular weight excluding hydrogens is 244 g/mol. The summed E-state index contributed by atoms with van der Waals surface area (Å²) in [7, 11) is 0. The minimum atomic E-state index is -0.920. The Morgan fingerprint density at radius 3 is 2.43 bits per heavy atom. The largest absolute Gasteiger partial charge is 0.481 e. The maximum atomic E-state index is 10.4. The second-order valence-electron chi connectivity index (χ2n) is 2.34. The molecule has 0 aromatic carbocycles. The first-order valence-corrected chi connectivity index (χ1v) is 5.99. The van der Waals surface area contributed by atoms with Crippen LogP contribution in [0.5, 0.6) is 0 Å². The first-order valence-electron chi connectivity index (χ1n) is 3.71. The third-order valence-electron chi connectivity index (χ3n) is 1.16. The number of carboxylic acids is 2. The molecule has 0 bridgehead atoms. The van der Waals surface area contributed by atoms with Crippen molar-refractivity contribution < 1.29 is 19.8 Å². The molecule has 14 heavy (non-hydrogen) atoms. The molecule has 0 saturated carbocycles. The number of carbonyl (C=O) groups is 2. The van der Waals surface area contributed by atoms with Crippen LogP contribution in [0, 0.1) is 0 Å². The first-order chi connectivity index (χ1) is 6.43. The maximum Gasteiger partial charge on any atom is 0.316 e. The average Bonchev–Trinajstić information content (AvgIpc) is 2.02. The van der Waals surface area contributed by atoms with Gasteiger partial charge in [0.05, 0.1) is 6.42 Å². The molecule has 0 aliphatic carbocycles. The molecule has 0 aliphatic heterocycles. The topological polar surface area (TPSA) is 74.6 Å². The second-order valence-corrected chi connectivity index (χ2v) is 5.98. The zero-order valence-electron chi connectivity index (χ0n) is 7.43. The van der Waals surface area contributed by atoms with Crippen LogP contribution < -0.4 is 0 Å². The van der Waals surface area contributed by atoms with Crippen molar-refractivity contribution in [3.8, 4) is 0 Å². The van der Waals surface area contributed by atoms with Gasteiger partial charge in [-0.2, -0.15) is 0 Å². The van der Waals surface area contributed by atoms with Crippen molar-refractivity contribution in [2.45, 2.75) is 18.6 Å². The number of hydrogen-bond acceptors (Lipinski definition) is 5. The lowest BCUT2D eigenvalue weighted by Crippen LogP contribution is -2.12. The molecule has 0 aromatic heterocycles. The summed E-state index contributed by atoms with van der Waals surface area (Å²) in [5.74, 6) is -1.42. The highest BCUT2D eigenvalue weighted by molar-refractivity contribution is 8.47. The van der Waals surface area contributed by atoms with Crippen molar-refractivity contribution in [2.75, 3.05) is 5.75 Å². The lowest BCUT2D eigenvalue weighted by molar-refractivity contribution is -0.137. The molecule has 2 N–H and O–H groups in total. The number of carboxylic acid groups (broad SMARTS) is 2. The number of rotatable bonds is 5. The van der Waals surface area contributed by atoms with Crippen molar-refractivity contribution in [3.05, 3.63) is 0 Å². The minimum absolute atomic E-state index is 0.0345. The molecule has 0 spiro atoms. The smallest absolute Gasteiger partial charge is 0.316 e. The van der Waals surface area contributed by atoms with Gasteiger partial charge in [0.25, 0.3) is 0 Å². The summed E-state index contributed by atoms with van der Waals surface area (Å²) >= 11 is 7.13. The quantitative estimate of drug-likeness (QED) is 0.723. The van der Waals surface area contributed by atoms with Crippen LogP contribution in [-0.2, 0) is 9.59 Å². The molecule has 0 heterocycles. The van der Waals surface area contributed by atoms with Gasteiger partial charge in [-0.15, -0.1) is 11.8 Å². The monoisotopic (exact) mass is 254 g/mol. The molecular formula is C7H10O4S3. The van der Waals surface area contributed by atoms with Gasteiger partial charge >= 0.3 is 11.9 Å². The van der Waals surface area contributed by atoms with Crippen molar-refractivity contribution in [1.29, 1.82) is 0 Å². The van der Waals surface area contributed by atoms with E-state index >= 15 is 0 Å². The summed E-state index contributed by atoms with van der Waals surface area (Å²) in [4.78, 5) is 20.6. The van der Waals surface area contributed by atoms with E-state index < -0.39 is 17.2 Å². The summed E-state index contributed by atoms with van der Waals surface area (Å²) in [5, 5.41) is 16.3. The van der Waals surface area contributed by atoms with E-state index in [0.717, 1.165) is 11.8 Å². The van der Waals surface area contributed by atoms with Crippen LogP contribution in [0.4, 0.5) is 0 Å². The number of hydrogen-bond donors (Lipinski definition) is 2. The summed E-state index contributed by atoms with van der Waals surface area (Å²) in [6.07, 6.45) is 0.0345. The molecule has 0 aromatic rings.